The van der Waals surface area contributed by atoms with Crippen LogP contribution in [0.1, 0.15) is 6.42 Å². The van der Waals surface area contributed by atoms with Gasteiger partial charge in [-0.05, 0) is 13.0 Å². The quantitative estimate of drug-likeness (QED) is 0.662. The van der Waals surface area contributed by atoms with Crippen LogP contribution in [0, 0.1) is 0 Å². The maximum Gasteiger partial charge on any atom is 0.236 e. The highest BCUT2D eigenvalue weighted by molar-refractivity contribution is 5.78. The Bertz CT molecular complexity index is 199. The molecule has 15 heavy (non-hydrogen) atoms. The first kappa shape index (κ1) is 12.4. The van der Waals surface area contributed by atoms with Crippen LogP contribution in [0.25, 0.3) is 0 Å². The minimum absolute atomic E-state index is 0.0589. The van der Waals surface area contributed by atoms with Crippen LogP contribution in [0.2, 0.25) is 0 Å². The second kappa shape index (κ2) is 6.76. The fourth-order valence-corrected chi connectivity index (χ4v) is 1.79. The number of hydrogen-bond donors (Lipinski definition) is 1. The molecule has 5 nitrogen and oxygen atoms in total. The van der Waals surface area contributed by atoms with Gasteiger partial charge in [-0.3, -0.25) is 9.69 Å². The highest BCUT2D eigenvalue weighted by atomic mass is 16.5. The molecule has 0 bridgehead atoms. The third kappa shape index (κ3) is 4.15. The summed E-state index contributed by atoms with van der Waals surface area (Å²) < 4.78 is 5.04. The van der Waals surface area contributed by atoms with Crippen LogP contribution in [0.15, 0.2) is 0 Å². The predicted octanol–water partition coefficient (Wildman–Crippen LogP) is -0.874. The van der Waals surface area contributed by atoms with Crippen LogP contribution in [0.4, 0.5) is 0 Å². The van der Waals surface area contributed by atoms with Crippen molar-refractivity contribution in [2.24, 2.45) is 5.73 Å². The highest BCUT2D eigenvalue weighted by Gasteiger charge is 2.17. The molecule has 0 aromatic heterocycles. The summed E-state index contributed by atoms with van der Waals surface area (Å²) in [7, 11) is 1.71. The molecule has 2 N–H and O–H groups in total. The number of ether oxygens (including phenoxy) is 1. The van der Waals surface area contributed by atoms with Crippen molar-refractivity contribution in [3.8, 4) is 0 Å². The van der Waals surface area contributed by atoms with Gasteiger partial charge in [-0.1, -0.05) is 0 Å². The maximum atomic E-state index is 11.4. The van der Waals surface area contributed by atoms with E-state index in [-0.39, 0.29) is 12.5 Å². The Morgan fingerprint density at radius 3 is 2.80 bits per heavy atom. The zero-order chi connectivity index (χ0) is 11.1. The lowest BCUT2D eigenvalue weighted by Gasteiger charge is -2.21. The van der Waals surface area contributed by atoms with Gasteiger partial charge in [-0.15, -0.1) is 0 Å². The Morgan fingerprint density at radius 1 is 1.33 bits per heavy atom. The van der Waals surface area contributed by atoms with E-state index in [2.05, 4.69) is 4.90 Å². The number of nitrogens with zero attached hydrogens (tertiary/aromatic N) is 2. The molecule has 5 heteroatoms. The van der Waals surface area contributed by atoms with Crippen LogP contribution < -0.4 is 5.73 Å². The van der Waals surface area contributed by atoms with Crippen LogP contribution in [-0.4, -0.2) is 68.7 Å². The molecule has 1 aliphatic heterocycles. The van der Waals surface area contributed by atoms with E-state index in [1.54, 1.807) is 7.11 Å². The van der Waals surface area contributed by atoms with Crippen LogP contribution >= 0.6 is 0 Å². The minimum atomic E-state index is 0.0589. The molecule has 0 unspecified atom stereocenters. The summed E-state index contributed by atoms with van der Waals surface area (Å²) in [6.07, 6.45) is 1.02. The molecule has 1 rings (SSSR count). The Balaban J connectivity index is 2.31. The first-order valence-electron chi connectivity index (χ1n) is 5.47. The SMILES string of the molecule is COCCN1CCCN(C(=O)CN)CC1. The monoisotopic (exact) mass is 215 g/mol. The topological polar surface area (TPSA) is 58.8 Å². The molecule has 1 heterocycles. The number of nitrogens with two attached hydrogens (primary N) is 1. The third-order valence-electron chi connectivity index (χ3n) is 2.73. The molecule has 0 radical (unpaired) electrons. The van der Waals surface area contributed by atoms with Crippen LogP contribution in [-0.2, 0) is 9.53 Å². The minimum Gasteiger partial charge on any atom is -0.383 e. The lowest BCUT2D eigenvalue weighted by molar-refractivity contribution is -0.129. The Labute approximate surface area is 91.2 Å². The van der Waals surface area contributed by atoms with Crippen molar-refractivity contribution < 1.29 is 9.53 Å². The summed E-state index contributed by atoms with van der Waals surface area (Å²) in [5.74, 6) is 0.0589. The normalized spacial score (nSPS) is 18.9. The maximum absolute atomic E-state index is 11.4. The van der Waals surface area contributed by atoms with E-state index in [1.807, 2.05) is 4.90 Å². The third-order valence-corrected chi connectivity index (χ3v) is 2.73. The number of hydrogen-bond acceptors (Lipinski definition) is 4. The van der Waals surface area contributed by atoms with E-state index >= 15 is 0 Å². The first-order valence-corrected chi connectivity index (χ1v) is 5.47. The average Bonchev–Trinajstić information content (AvgIpc) is 2.50. The molecule has 0 saturated carbocycles. The standard InChI is InChI=1S/C10H21N3O2/c1-15-8-7-12-3-2-4-13(6-5-12)10(14)9-11/h2-9,11H2,1H3. The van der Waals surface area contributed by atoms with Crippen molar-refractivity contribution in [1.29, 1.82) is 0 Å². The van der Waals surface area contributed by atoms with Crippen molar-refractivity contribution in [2.45, 2.75) is 6.42 Å². The van der Waals surface area contributed by atoms with E-state index in [1.165, 1.54) is 0 Å². The molecule has 1 aliphatic rings. The van der Waals surface area contributed by atoms with E-state index in [0.29, 0.717) is 0 Å². The van der Waals surface area contributed by atoms with Crippen molar-refractivity contribution >= 4 is 5.91 Å². The van der Waals surface area contributed by atoms with Crippen molar-refractivity contribution in [3.63, 3.8) is 0 Å². The Kier molecular flexibility index (Phi) is 5.60. The Morgan fingerprint density at radius 2 is 2.13 bits per heavy atom. The summed E-state index contributed by atoms with van der Waals surface area (Å²) in [4.78, 5) is 15.6. The number of carbonyl (C=O) groups is 1. The summed E-state index contributed by atoms with van der Waals surface area (Å²) in [5, 5.41) is 0. The van der Waals surface area contributed by atoms with Crippen molar-refractivity contribution in [1.82, 2.24) is 9.80 Å². The van der Waals surface area contributed by atoms with Gasteiger partial charge in [0.25, 0.3) is 0 Å². The molecule has 0 aliphatic carbocycles. The van der Waals surface area contributed by atoms with E-state index < -0.39 is 0 Å². The highest BCUT2D eigenvalue weighted by Crippen LogP contribution is 2.02. The van der Waals surface area contributed by atoms with Gasteiger partial charge in [0, 0.05) is 33.3 Å². The van der Waals surface area contributed by atoms with Gasteiger partial charge >= 0.3 is 0 Å². The van der Waals surface area contributed by atoms with Gasteiger partial charge < -0.3 is 15.4 Å². The lowest BCUT2D eigenvalue weighted by atomic mass is 10.3. The molecule has 0 aromatic carbocycles. The number of amides is 1. The summed E-state index contributed by atoms with van der Waals surface area (Å²) in [6, 6.07) is 0. The van der Waals surface area contributed by atoms with E-state index in [4.69, 9.17) is 10.5 Å². The van der Waals surface area contributed by atoms with Crippen LogP contribution in [0.5, 0.6) is 0 Å². The fraction of sp³-hybridized carbons (Fsp3) is 0.900. The fourth-order valence-electron chi connectivity index (χ4n) is 1.79. The van der Waals surface area contributed by atoms with Gasteiger partial charge in [0.1, 0.15) is 0 Å². The molecule has 1 amide bonds. The Hall–Kier alpha value is -0.650. The second-order valence-electron chi connectivity index (χ2n) is 3.77. The molecule has 0 aromatic rings. The first-order chi connectivity index (χ1) is 7.27. The van der Waals surface area contributed by atoms with Gasteiger partial charge in [-0.2, -0.15) is 0 Å². The van der Waals surface area contributed by atoms with Crippen molar-refractivity contribution in [2.75, 3.05) is 53.0 Å². The van der Waals surface area contributed by atoms with Crippen LogP contribution in [0.3, 0.4) is 0 Å². The largest absolute Gasteiger partial charge is 0.383 e. The average molecular weight is 215 g/mol. The molecule has 1 fully saturated rings. The van der Waals surface area contributed by atoms with Gasteiger partial charge in [0.05, 0.1) is 13.2 Å². The smallest absolute Gasteiger partial charge is 0.236 e. The van der Waals surface area contributed by atoms with Gasteiger partial charge in [0.2, 0.25) is 5.91 Å². The molecule has 0 atom stereocenters. The number of carbonyl (C=O) groups excluding carboxylic acids is 1. The molecule has 0 spiro atoms. The summed E-state index contributed by atoms with van der Waals surface area (Å²) in [5.41, 5.74) is 5.34. The summed E-state index contributed by atoms with van der Waals surface area (Å²) in [6.45, 7) is 5.41. The molecule has 88 valence electrons. The molecule has 1 saturated heterocycles. The van der Waals surface area contributed by atoms with E-state index in [0.717, 1.165) is 45.8 Å². The van der Waals surface area contributed by atoms with Gasteiger partial charge in [-0.25, -0.2) is 0 Å². The van der Waals surface area contributed by atoms with Crippen molar-refractivity contribution in [3.05, 3.63) is 0 Å². The lowest BCUT2D eigenvalue weighted by Crippen LogP contribution is -2.39. The number of rotatable bonds is 4. The number of methoxy groups -OCH3 is 1. The zero-order valence-electron chi connectivity index (χ0n) is 9.45. The summed E-state index contributed by atoms with van der Waals surface area (Å²) >= 11 is 0. The predicted molar refractivity (Wildman–Crippen MR) is 58.6 cm³/mol. The van der Waals surface area contributed by atoms with Gasteiger partial charge in [0.15, 0.2) is 0 Å². The zero-order valence-corrected chi connectivity index (χ0v) is 9.45. The second-order valence-corrected chi connectivity index (χ2v) is 3.77. The van der Waals surface area contributed by atoms with E-state index in [9.17, 15) is 4.79 Å². The molecular formula is C10H21N3O2. The molecular weight excluding hydrogens is 194 g/mol.